The molecule has 0 spiro atoms. The third kappa shape index (κ3) is 1.84. The normalized spacial score (nSPS) is 15.8. The molecule has 2 heterocycles. The van der Waals surface area contributed by atoms with Crippen molar-refractivity contribution < 1.29 is 5.11 Å². The van der Waals surface area contributed by atoms with Crippen LogP contribution < -0.4 is 4.90 Å². The summed E-state index contributed by atoms with van der Waals surface area (Å²) in [4.78, 5) is 3.46. The lowest BCUT2D eigenvalue weighted by Gasteiger charge is -2.15. The number of aryl methyl sites for hydroxylation is 1. The van der Waals surface area contributed by atoms with E-state index in [1.165, 1.54) is 16.1 Å². The molecular formula is C15H17NOS. The molecule has 0 amide bonds. The summed E-state index contributed by atoms with van der Waals surface area (Å²) in [7, 11) is 2.12. The van der Waals surface area contributed by atoms with Crippen LogP contribution in [0.4, 0.5) is 5.69 Å². The Balaban J connectivity index is 1.96. The van der Waals surface area contributed by atoms with Crippen molar-refractivity contribution in [2.24, 2.45) is 0 Å². The van der Waals surface area contributed by atoms with Gasteiger partial charge in [0.15, 0.2) is 0 Å². The summed E-state index contributed by atoms with van der Waals surface area (Å²) in [5.41, 5.74) is 4.69. The van der Waals surface area contributed by atoms with Crippen LogP contribution in [-0.4, -0.2) is 18.7 Å². The number of rotatable bonds is 2. The number of anilines is 1. The molecule has 0 radical (unpaired) electrons. The summed E-state index contributed by atoms with van der Waals surface area (Å²) in [5.74, 6) is 0. The maximum absolute atomic E-state index is 10.5. The van der Waals surface area contributed by atoms with Gasteiger partial charge in [-0.25, -0.2) is 0 Å². The van der Waals surface area contributed by atoms with Crippen molar-refractivity contribution in [2.75, 3.05) is 18.5 Å². The van der Waals surface area contributed by atoms with Crippen molar-refractivity contribution in [1.82, 2.24) is 0 Å². The van der Waals surface area contributed by atoms with Gasteiger partial charge in [0.25, 0.3) is 0 Å². The zero-order valence-electron chi connectivity index (χ0n) is 10.7. The van der Waals surface area contributed by atoms with Gasteiger partial charge in [0.1, 0.15) is 6.10 Å². The number of hydrogen-bond donors (Lipinski definition) is 1. The van der Waals surface area contributed by atoms with Crippen LogP contribution in [0.1, 0.15) is 27.7 Å². The maximum Gasteiger partial charge on any atom is 0.105 e. The van der Waals surface area contributed by atoms with Crippen LogP contribution in [0.15, 0.2) is 29.6 Å². The molecule has 1 atom stereocenters. The summed E-state index contributed by atoms with van der Waals surface area (Å²) in [6, 6.07) is 8.34. The predicted molar refractivity (Wildman–Crippen MR) is 76.5 cm³/mol. The van der Waals surface area contributed by atoms with Gasteiger partial charge in [-0.1, -0.05) is 12.1 Å². The van der Waals surface area contributed by atoms with E-state index in [1.54, 1.807) is 11.3 Å². The second kappa shape index (κ2) is 4.41. The minimum atomic E-state index is -0.493. The molecule has 2 aromatic rings. The van der Waals surface area contributed by atoms with Gasteiger partial charge in [-0.05, 0) is 47.5 Å². The van der Waals surface area contributed by atoms with Gasteiger partial charge < -0.3 is 10.0 Å². The van der Waals surface area contributed by atoms with Crippen molar-refractivity contribution in [3.8, 4) is 0 Å². The van der Waals surface area contributed by atoms with Crippen LogP contribution in [0.25, 0.3) is 0 Å². The zero-order valence-corrected chi connectivity index (χ0v) is 11.5. The first kappa shape index (κ1) is 11.8. The molecule has 1 aromatic carbocycles. The van der Waals surface area contributed by atoms with Gasteiger partial charge in [0.05, 0.1) is 0 Å². The standard InChI is InChI=1S/C15H17NOS/c1-10-13(6-8-18-10)15(17)12-3-4-14-11(9-12)5-7-16(14)2/h3-4,6,8-9,15,17H,5,7H2,1-2H3. The molecule has 1 aromatic heterocycles. The molecule has 0 saturated carbocycles. The molecule has 0 fully saturated rings. The van der Waals surface area contributed by atoms with E-state index < -0.39 is 6.10 Å². The SMILES string of the molecule is Cc1sccc1C(O)c1ccc2c(c1)CCN2C. The molecule has 18 heavy (non-hydrogen) atoms. The Morgan fingerprint density at radius 3 is 2.89 bits per heavy atom. The summed E-state index contributed by atoms with van der Waals surface area (Å²) in [5, 5.41) is 12.5. The number of nitrogens with zero attached hydrogens (tertiary/aromatic N) is 1. The Morgan fingerprint density at radius 2 is 2.17 bits per heavy atom. The van der Waals surface area contributed by atoms with E-state index >= 15 is 0 Å². The first-order valence-electron chi connectivity index (χ1n) is 6.23. The van der Waals surface area contributed by atoms with E-state index in [4.69, 9.17) is 0 Å². The highest BCUT2D eigenvalue weighted by molar-refractivity contribution is 7.10. The number of hydrogen-bond acceptors (Lipinski definition) is 3. The van der Waals surface area contributed by atoms with E-state index in [1.807, 2.05) is 17.5 Å². The van der Waals surface area contributed by atoms with Crippen LogP contribution >= 0.6 is 11.3 Å². The molecule has 0 aliphatic carbocycles. The van der Waals surface area contributed by atoms with Gasteiger partial charge in [-0.15, -0.1) is 11.3 Å². The zero-order chi connectivity index (χ0) is 12.7. The Hall–Kier alpha value is -1.32. The predicted octanol–water partition coefficient (Wildman–Crippen LogP) is 3.13. The third-order valence-electron chi connectivity index (χ3n) is 3.74. The minimum Gasteiger partial charge on any atom is -0.384 e. The van der Waals surface area contributed by atoms with Gasteiger partial charge in [0.2, 0.25) is 0 Å². The topological polar surface area (TPSA) is 23.5 Å². The van der Waals surface area contributed by atoms with Crippen molar-refractivity contribution in [3.63, 3.8) is 0 Å². The van der Waals surface area contributed by atoms with E-state index in [0.29, 0.717) is 0 Å². The van der Waals surface area contributed by atoms with Gasteiger partial charge in [-0.2, -0.15) is 0 Å². The number of fused-ring (bicyclic) bond motifs is 1. The number of aliphatic hydroxyl groups is 1. The number of benzene rings is 1. The van der Waals surface area contributed by atoms with Gasteiger partial charge in [-0.3, -0.25) is 0 Å². The molecule has 1 aliphatic rings. The average molecular weight is 259 g/mol. The van der Waals surface area contributed by atoms with E-state index in [9.17, 15) is 5.11 Å². The fraction of sp³-hybridized carbons (Fsp3) is 0.333. The highest BCUT2D eigenvalue weighted by Gasteiger charge is 2.19. The quantitative estimate of drug-likeness (QED) is 0.895. The van der Waals surface area contributed by atoms with Crippen LogP contribution in [0.2, 0.25) is 0 Å². The molecule has 3 heteroatoms. The van der Waals surface area contributed by atoms with Crippen molar-refractivity contribution in [2.45, 2.75) is 19.4 Å². The van der Waals surface area contributed by atoms with Crippen molar-refractivity contribution in [1.29, 1.82) is 0 Å². The Bertz CT molecular complexity index is 576. The molecule has 1 aliphatic heterocycles. The van der Waals surface area contributed by atoms with Crippen LogP contribution in [0.5, 0.6) is 0 Å². The summed E-state index contributed by atoms with van der Waals surface area (Å²) in [6.45, 7) is 3.14. The van der Waals surface area contributed by atoms with Crippen LogP contribution in [-0.2, 0) is 6.42 Å². The Labute approximate surface area is 112 Å². The summed E-state index contributed by atoms with van der Waals surface area (Å²) >= 11 is 1.69. The Kier molecular flexibility index (Phi) is 2.88. The second-order valence-electron chi connectivity index (χ2n) is 4.89. The monoisotopic (exact) mass is 259 g/mol. The lowest BCUT2D eigenvalue weighted by Crippen LogP contribution is -2.12. The number of likely N-dealkylation sites (N-methyl/N-ethyl adjacent to an activating group) is 1. The molecule has 1 N–H and O–H groups in total. The highest BCUT2D eigenvalue weighted by atomic mass is 32.1. The number of thiophene rings is 1. The molecule has 2 nitrogen and oxygen atoms in total. The number of aliphatic hydroxyl groups excluding tert-OH is 1. The smallest absolute Gasteiger partial charge is 0.105 e. The first-order valence-corrected chi connectivity index (χ1v) is 7.11. The van der Waals surface area contributed by atoms with Gasteiger partial charge >= 0.3 is 0 Å². The molecule has 3 rings (SSSR count). The first-order chi connectivity index (χ1) is 8.66. The van der Waals surface area contributed by atoms with Crippen molar-refractivity contribution >= 4 is 17.0 Å². The maximum atomic E-state index is 10.5. The molecule has 0 saturated heterocycles. The average Bonchev–Trinajstić information content (AvgIpc) is 2.95. The van der Waals surface area contributed by atoms with Crippen molar-refractivity contribution in [3.05, 3.63) is 51.2 Å². The fourth-order valence-corrected chi connectivity index (χ4v) is 3.35. The van der Waals surface area contributed by atoms with E-state index in [-0.39, 0.29) is 0 Å². The summed E-state index contributed by atoms with van der Waals surface area (Å²) in [6.07, 6.45) is 0.585. The molecule has 0 bridgehead atoms. The van der Waals surface area contributed by atoms with Crippen LogP contribution in [0.3, 0.4) is 0 Å². The van der Waals surface area contributed by atoms with E-state index in [0.717, 1.165) is 24.1 Å². The van der Waals surface area contributed by atoms with E-state index in [2.05, 4.69) is 31.0 Å². The third-order valence-corrected chi connectivity index (χ3v) is 4.60. The molecular weight excluding hydrogens is 242 g/mol. The lowest BCUT2D eigenvalue weighted by molar-refractivity contribution is 0.220. The van der Waals surface area contributed by atoms with Crippen LogP contribution in [0, 0.1) is 6.92 Å². The minimum absolute atomic E-state index is 0.493. The largest absolute Gasteiger partial charge is 0.384 e. The Morgan fingerprint density at radius 1 is 1.33 bits per heavy atom. The fourth-order valence-electron chi connectivity index (χ4n) is 2.61. The molecule has 94 valence electrons. The van der Waals surface area contributed by atoms with Gasteiger partial charge in [0, 0.05) is 24.2 Å². The lowest BCUT2D eigenvalue weighted by atomic mass is 9.99. The summed E-state index contributed by atoms with van der Waals surface area (Å²) < 4.78 is 0. The second-order valence-corrected chi connectivity index (χ2v) is 6.01. The molecule has 1 unspecified atom stereocenters. The highest BCUT2D eigenvalue weighted by Crippen LogP contribution is 2.33.